The number of nitrogens with one attached hydrogen (secondary N) is 2. The van der Waals surface area contributed by atoms with Crippen LogP contribution in [0.1, 0.15) is 29.8 Å². The highest BCUT2D eigenvalue weighted by Gasteiger charge is 2.13. The number of carbonyl (C=O) groups is 2. The summed E-state index contributed by atoms with van der Waals surface area (Å²) in [5, 5.41) is 6.67. The summed E-state index contributed by atoms with van der Waals surface area (Å²) < 4.78 is 5.51. The normalized spacial score (nSPS) is 10.6. The van der Waals surface area contributed by atoms with E-state index in [4.69, 9.17) is 4.74 Å². The second-order valence-corrected chi connectivity index (χ2v) is 6.18. The lowest BCUT2D eigenvalue weighted by atomic mass is 10.1. The summed E-state index contributed by atoms with van der Waals surface area (Å²) in [6, 6.07) is 12.7. The fourth-order valence-corrected chi connectivity index (χ4v) is 2.68. The number of nitrogens with zero attached hydrogens (tertiary/aromatic N) is 1. The SMILES string of the molecule is CCOc1cc(NC(C)=O)ccc1C(=O)N/N=C/c1cccc(SC)c1. The van der Waals surface area contributed by atoms with E-state index in [0.29, 0.717) is 23.6 Å². The van der Waals surface area contributed by atoms with E-state index in [2.05, 4.69) is 15.8 Å². The number of carbonyl (C=O) groups excluding carboxylic acids is 2. The van der Waals surface area contributed by atoms with E-state index in [-0.39, 0.29) is 11.8 Å². The standard InChI is InChI=1S/C19H21N3O3S/c1-4-25-18-11-15(21-13(2)23)8-9-17(18)19(24)22-20-12-14-6-5-7-16(10-14)26-3/h5-12H,4H2,1-3H3,(H,21,23)(H,22,24)/b20-12+. The van der Waals surface area contributed by atoms with Gasteiger partial charge in [-0.1, -0.05) is 12.1 Å². The average Bonchev–Trinajstić information content (AvgIpc) is 2.62. The number of thioether (sulfide) groups is 1. The maximum Gasteiger partial charge on any atom is 0.275 e. The third-order valence-corrected chi connectivity index (χ3v) is 4.05. The van der Waals surface area contributed by atoms with E-state index in [1.807, 2.05) is 37.4 Å². The highest BCUT2D eigenvalue weighted by atomic mass is 32.2. The van der Waals surface area contributed by atoms with E-state index in [0.717, 1.165) is 10.5 Å². The van der Waals surface area contributed by atoms with Crippen molar-refractivity contribution in [3.8, 4) is 5.75 Å². The van der Waals surface area contributed by atoms with Gasteiger partial charge in [0.05, 0.1) is 18.4 Å². The fourth-order valence-electron chi connectivity index (χ4n) is 2.21. The van der Waals surface area contributed by atoms with Crippen LogP contribution in [-0.2, 0) is 4.79 Å². The Hall–Kier alpha value is -2.80. The summed E-state index contributed by atoms with van der Waals surface area (Å²) in [5.41, 5.74) is 4.30. The zero-order valence-electron chi connectivity index (χ0n) is 14.9. The van der Waals surface area contributed by atoms with Crippen LogP contribution >= 0.6 is 11.8 Å². The van der Waals surface area contributed by atoms with Crippen molar-refractivity contribution < 1.29 is 14.3 Å². The van der Waals surface area contributed by atoms with Crippen LogP contribution in [-0.4, -0.2) is 30.9 Å². The average molecular weight is 371 g/mol. The molecule has 7 heteroatoms. The number of hydrogen-bond acceptors (Lipinski definition) is 5. The number of ether oxygens (including phenoxy) is 1. The molecule has 0 unspecified atom stereocenters. The maximum absolute atomic E-state index is 12.4. The number of hydrogen-bond donors (Lipinski definition) is 2. The lowest BCUT2D eigenvalue weighted by Gasteiger charge is -2.11. The lowest BCUT2D eigenvalue weighted by Crippen LogP contribution is -2.19. The van der Waals surface area contributed by atoms with Crippen molar-refractivity contribution in [3.05, 3.63) is 53.6 Å². The van der Waals surface area contributed by atoms with Crippen molar-refractivity contribution >= 4 is 35.5 Å². The molecule has 2 aromatic carbocycles. The molecule has 2 rings (SSSR count). The third-order valence-electron chi connectivity index (χ3n) is 3.32. The molecule has 0 fully saturated rings. The van der Waals surface area contributed by atoms with Gasteiger partial charge in [0, 0.05) is 23.6 Å². The molecule has 0 heterocycles. The predicted octanol–water partition coefficient (Wildman–Crippen LogP) is 3.53. The molecule has 2 N–H and O–H groups in total. The molecule has 136 valence electrons. The highest BCUT2D eigenvalue weighted by molar-refractivity contribution is 7.98. The molecule has 0 atom stereocenters. The first kappa shape index (κ1) is 19.5. The summed E-state index contributed by atoms with van der Waals surface area (Å²) in [4.78, 5) is 24.7. The van der Waals surface area contributed by atoms with Gasteiger partial charge in [-0.05, 0) is 43.0 Å². The lowest BCUT2D eigenvalue weighted by molar-refractivity contribution is -0.114. The molecule has 2 aromatic rings. The smallest absolute Gasteiger partial charge is 0.275 e. The van der Waals surface area contributed by atoms with Crippen molar-refractivity contribution in [1.29, 1.82) is 0 Å². The van der Waals surface area contributed by atoms with Gasteiger partial charge in [0.2, 0.25) is 5.91 Å². The first-order valence-electron chi connectivity index (χ1n) is 8.05. The topological polar surface area (TPSA) is 79.8 Å². The molecule has 0 aliphatic heterocycles. The van der Waals surface area contributed by atoms with Crippen LogP contribution < -0.4 is 15.5 Å². The molecule has 26 heavy (non-hydrogen) atoms. The molecule has 2 amide bonds. The second kappa shape index (κ2) is 9.62. The van der Waals surface area contributed by atoms with E-state index >= 15 is 0 Å². The molecular formula is C19H21N3O3S. The van der Waals surface area contributed by atoms with E-state index in [9.17, 15) is 9.59 Å². The molecule has 0 aliphatic carbocycles. The van der Waals surface area contributed by atoms with Gasteiger partial charge in [0.1, 0.15) is 5.75 Å². The summed E-state index contributed by atoms with van der Waals surface area (Å²) in [6.07, 6.45) is 3.58. The molecule has 0 radical (unpaired) electrons. The molecule has 0 saturated heterocycles. The Morgan fingerprint density at radius 2 is 2.04 bits per heavy atom. The molecule has 0 aliphatic rings. The molecule has 0 saturated carbocycles. The Labute approximate surface area is 157 Å². The Kier molecular flexibility index (Phi) is 7.23. The Morgan fingerprint density at radius 1 is 1.23 bits per heavy atom. The van der Waals surface area contributed by atoms with Crippen LogP contribution in [0.15, 0.2) is 52.5 Å². The number of rotatable bonds is 7. The van der Waals surface area contributed by atoms with Crippen molar-refractivity contribution in [3.63, 3.8) is 0 Å². The summed E-state index contributed by atoms with van der Waals surface area (Å²) >= 11 is 1.64. The minimum absolute atomic E-state index is 0.193. The summed E-state index contributed by atoms with van der Waals surface area (Å²) in [5.74, 6) is -0.197. The van der Waals surface area contributed by atoms with Crippen molar-refractivity contribution in [2.24, 2.45) is 5.10 Å². The van der Waals surface area contributed by atoms with Crippen LogP contribution in [0.3, 0.4) is 0 Å². The Morgan fingerprint density at radius 3 is 2.73 bits per heavy atom. The maximum atomic E-state index is 12.4. The van der Waals surface area contributed by atoms with E-state index in [1.54, 1.807) is 36.2 Å². The van der Waals surface area contributed by atoms with Gasteiger partial charge in [-0.15, -0.1) is 11.8 Å². The molecule has 0 aromatic heterocycles. The van der Waals surface area contributed by atoms with Crippen LogP contribution in [0.4, 0.5) is 5.69 Å². The number of benzene rings is 2. The van der Waals surface area contributed by atoms with Crippen molar-refractivity contribution in [1.82, 2.24) is 5.43 Å². The zero-order chi connectivity index (χ0) is 18.9. The van der Waals surface area contributed by atoms with Gasteiger partial charge in [-0.25, -0.2) is 5.43 Å². The van der Waals surface area contributed by atoms with Crippen molar-refractivity contribution in [2.45, 2.75) is 18.7 Å². The van der Waals surface area contributed by atoms with Gasteiger partial charge in [-0.3, -0.25) is 9.59 Å². The van der Waals surface area contributed by atoms with Crippen LogP contribution in [0.25, 0.3) is 0 Å². The Balaban J connectivity index is 2.12. The third kappa shape index (κ3) is 5.63. The minimum Gasteiger partial charge on any atom is -0.493 e. The number of amides is 2. The minimum atomic E-state index is -0.389. The predicted molar refractivity (Wildman–Crippen MR) is 105 cm³/mol. The summed E-state index contributed by atoms with van der Waals surface area (Å²) in [7, 11) is 0. The molecule has 0 bridgehead atoms. The fraction of sp³-hybridized carbons (Fsp3) is 0.211. The monoisotopic (exact) mass is 371 g/mol. The Bertz CT molecular complexity index is 821. The largest absolute Gasteiger partial charge is 0.493 e. The van der Waals surface area contributed by atoms with Crippen LogP contribution in [0.5, 0.6) is 5.75 Å². The van der Waals surface area contributed by atoms with Gasteiger partial charge >= 0.3 is 0 Å². The number of anilines is 1. The second-order valence-electron chi connectivity index (χ2n) is 5.30. The van der Waals surface area contributed by atoms with Gasteiger partial charge < -0.3 is 10.1 Å². The first-order chi connectivity index (χ1) is 12.5. The quantitative estimate of drug-likeness (QED) is 0.443. The van der Waals surface area contributed by atoms with E-state index in [1.165, 1.54) is 6.92 Å². The van der Waals surface area contributed by atoms with Gasteiger partial charge in [0.15, 0.2) is 0 Å². The highest BCUT2D eigenvalue weighted by Crippen LogP contribution is 2.23. The van der Waals surface area contributed by atoms with Crippen LogP contribution in [0.2, 0.25) is 0 Å². The first-order valence-corrected chi connectivity index (χ1v) is 9.28. The van der Waals surface area contributed by atoms with Crippen LogP contribution in [0, 0.1) is 0 Å². The number of hydrazone groups is 1. The van der Waals surface area contributed by atoms with Gasteiger partial charge in [-0.2, -0.15) is 5.10 Å². The zero-order valence-corrected chi connectivity index (χ0v) is 15.7. The summed E-state index contributed by atoms with van der Waals surface area (Å²) in [6.45, 7) is 3.64. The van der Waals surface area contributed by atoms with Gasteiger partial charge in [0.25, 0.3) is 5.91 Å². The molecule has 6 nitrogen and oxygen atoms in total. The molecule has 0 spiro atoms. The molecular weight excluding hydrogens is 350 g/mol. The van der Waals surface area contributed by atoms with E-state index < -0.39 is 0 Å². The van der Waals surface area contributed by atoms with Crippen molar-refractivity contribution in [2.75, 3.05) is 18.2 Å².